The van der Waals surface area contributed by atoms with E-state index in [9.17, 15) is 9.59 Å². The molecule has 0 aliphatic rings. The molecule has 0 spiro atoms. The minimum Gasteiger partial charge on any atom is -0.459 e. The number of aromatic nitrogens is 1. The maximum atomic E-state index is 12.4. The first kappa shape index (κ1) is 16.9. The summed E-state index contributed by atoms with van der Waals surface area (Å²) >= 11 is 5.97. The minimum absolute atomic E-state index is 0.228. The molecular weight excluding hydrogens is 366 g/mol. The molecule has 0 saturated carbocycles. The Morgan fingerprint density at radius 1 is 0.889 bits per heavy atom. The van der Waals surface area contributed by atoms with E-state index in [1.165, 1.54) is 6.26 Å². The second-order valence-electron chi connectivity index (χ2n) is 5.88. The smallest absolute Gasteiger partial charge is 0.291 e. The molecule has 4 rings (SSSR count). The summed E-state index contributed by atoms with van der Waals surface area (Å²) in [6.45, 7) is 0. The fourth-order valence-electron chi connectivity index (χ4n) is 2.66. The predicted octanol–water partition coefficient (Wildman–Crippen LogP) is 4.92. The number of aromatic amines is 1. The van der Waals surface area contributed by atoms with E-state index < -0.39 is 0 Å². The van der Waals surface area contributed by atoms with Crippen LogP contribution in [0.3, 0.4) is 0 Å². The second-order valence-corrected chi connectivity index (χ2v) is 6.31. The van der Waals surface area contributed by atoms with Crippen molar-refractivity contribution in [3.8, 4) is 0 Å². The molecule has 2 heterocycles. The molecule has 0 aliphatic carbocycles. The molecule has 0 aliphatic heterocycles. The lowest BCUT2D eigenvalue weighted by Gasteiger charge is -2.06. The molecule has 134 valence electrons. The van der Waals surface area contributed by atoms with Gasteiger partial charge in [-0.25, -0.2) is 0 Å². The molecule has 2 amide bonds. The van der Waals surface area contributed by atoms with E-state index in [2.05, 4.69) is 15.6 Å². The molecule has 0 saturated heterocycles. The van der Waals surface area contributed by atoms with Gasteiger partial charge in [-0.3, -0.25) is 9.59 Å². The molecule has 6 nitrogen and oxygen atoms in total. The topological polar surface area (TPSA) is 87.1 Å². The van der Waals surface area contributed by atoms with Gasteiger partial charge >= 0.3 is 0 Å². The Kier molecular flexibility index (Phi) is 4.40. The monoisotopic (exact) mass is 379 g/mol. The number of anilines is 2. The van der Waals surface area contributed by atoms with Gasteiger partial charge in [0.2, 0.25) is 0 Å². The maximum absolute atomic E-state index is 12.4. The van der Waals surface area contributed by atoms with Crippen molar-refractivity contribution in [2.24, 2.45) is 0 Å². The van der Waals surface area contributed by atoms with Crippen LogP contribution in [-0.4, -0.2) is 16.8 Å². The van der Waals surface area contributed by atoms with E-state index in [1.807, 2.05) is 6.07 Å². The molecule has 3 N–H and O–H groups in total. The Hall–Kier alpha value is -3.51. The molecule has 0 atom stereocenters. The predicted molar refractivity (Wildman–Crippen MR) is 104 cm³/mol. The zero-order valence-electron chi connectivity index (χ0n) is 14.0. The second kappa shape index (κ2) is 7.01. The SMILES string of the molecule is O=C(Nc1ccc(NC(=O)c2ccco2)cc1)c1cc2cc(Cl)ccc2[nH]1. The van der Waals surface area contributed by atoms with Crippen LogP contribution in [0.15, 0.2) is 71.3 Å². The molecule has 0 radical (unpaired) electrons. The van der Waals surface area contributed by atoms with Gasteiger partial charge < -0.3 is 20.0 Å². The molecule has 0 bridgehead atoms. The van der Waals surface area contributed by atoms with Crippen LogP contribution in [0.5, 0.6) is 0 Å². The van der Waals surface area contributed by atoms with Crippen LogP contribution in [0.25, 0.3) is 10.9 Å². The third-order valence-corrected chi connectivity index (χ3v) is 4.21. The van der Waals surface area contributed by atoms with Gasteiger partial charge in [-0.2, -0.15) is 0 Å². The van der Waals surface area contributed by atoms with Crippen molar-refractivity contribution >= 4 is 45.7 Å². The summed E-state index contributed by atoms with van der Waals surface area (Å²) in [5.41, 5.74) is 2.46. The highest BCUT2D eigenvalue weighted by Crippen LogP contribution is 2.21. The van der Waals surface area contributed by atoms with Crippen molar-refractivity contribution in [3.63, 3.8) is 0 Å². The average molecular weight is 380 g/mol. The van der Waals surface area contributed by atoms with Crippen LogP contribution in [0.1, 0.15) is 21.0 Å². The number of hydrogen-bond donors (Lipinski definition) is 3. The van der Waals surface area contributed by atoms with Gasteiger partial charge in [-0.1, -0.05) is 11.6 Å². The van der Waals surface area contributed by atoms with Crippen molar-refractivity contribution in [1.29, 1.82) is 0 Å². The van der Waals surface area contributed by atoms with Crippen LogP contribution in [0.2, 0.25) is 5.02 Å². The van der Waals surface area contributed by atoms with E-state index in [0.717, 1.165) is 10.9 Å². The summed E-state index contributed by atoms with van der Waals surface area (Å²) in [7, 11) is 0. The quantitative estimate of drug-likeness (QED) is 0.470. The minimum atomic E-state index is -0.339. The number of benzene rings is 2. The number of H-pyrrole nitrogens is 1. The molecule has 27 heavy (non-hydrogen) atoms. The summed E-state index contributed by atoms with van der Waals surface area (Å²) in [5, 5.41) is 7.00. The lowest BCUT2D eigenvalue weighted by Crippen LogP contribution is -2.13. The van der Waals surface area contributed by atoms with E-state index in [4.69, 9.17) is 16.0 Å². The van der Waals surface area contributed by atoms with Crippen LogP contribution in [-0.2, 0) is 0 Å². The Labute approximate surface area is 159 Å². The fraction of sp³-hybridized carbons (Fsp3) is 0. The number of halogens is 1. The summed E-state index contributed by atoms with van der Waals surface area (Å²) in [6.07, 6.45) is 1.44. The lowest BCUT2D eigenvalue weighted by molar-refractivity contribution is 0.0994. The number of carbonyl (C=O) groups excluding carboxylic acids is 2. The normalized spacial score (nSPS) is 10.7. The molecule has 0 unspecified atom stereocenters. The summed E-state index contributed by atoms with van der Waals surface area (Å²) < 4.78 is 5.04. The third kappa shape index (κ3) is 3.70. The van der Waals surface area contributed by atoms with Gasteiger partial charge in [0.05, 0.1) is 6.26 Å². The lowest BCUT2D eigenvalue weighted by atomic mass is 10.2. The average Bonchev–Trinajstić information content (AvgIpc) is 3.32. The Bertz CT molecular complexity index is 1120. The molecule has 2 aromatic heterocycles. The number of amides is 2. The van der Waals surface area contributed by atoms with Crippen molar-refractivity contribution < 1.29 is 14.0 Å². The number of rotatable bonds is 4. The number of furan rings is 1. The van der Waals surface area contributed by atoms with E-state index >= 15 is 0 Å². The van der Waals surface area contributed by atoms with Crippen molar-refractivity contribution in [1.82, 2.24) is 4.98 Å². The molecule has 4 aromatic rings. The van der Waals surface area contributed by atoms with Crippen molar-refractivity contribution in [2.45, 2.75) is 0 Å². The molecule has 2 aromatic carbocycles. The number of carbonyl (C=O) groups is 2. The Balaban J connectivity index is 1.44. The standard InChI is InChI=1S/C20H14ClN3O3/c21-13-3-8-16-12(10-13)11-17(24-16)19(25)22-14-4-6-15(7-5-14)23-20(26)18-2-1-9-27-18/h1-11,24H,(H,22,25)(H,23,26). The van der Waals surface area contributed by atoms with E-state index in [1.54, 1.807) is 54.6 Å². The van der Waals surface area contributed by atoms with E-state index in [-0.39, 0.29) is 17.6 Å². The highest BCUT2D eigenvalue weighted by Gasteiger charge is 2.11. The van der Waals surface area contributed by atoms with Gasteiger partial charge in [-0.15, -0.1) is 0 Å². The largest absolute Gasteiger partial charge is 0.459 e. The summed E-state index contributed by atoms with van der Waals surface area (Å²) in [5.74, 6) is -0.380. The third-order valence-electron chi connectivity index (χ3n) is 3.97. The first-order valence-corrected chi connectivity index (χ1v) is 8.51. The van der Waals surface area contributed by atoms with Gasteiger partial charge in [-0.05, 0) is 60.7 Å². The number of hydrogen-bond acceptors (Lipinski definition) is 3. The Morgan fingerprint density at radius 2 is 1.59 bits per heavy atom. The van der Waals surface area contributed by atoms with E-state index in [0.29, 0.717) is 22.1 Å². The first-order chi connectivity index (χ1) is 13.1. The van der Waals surface area contributed by atoms with Crippen LogP contribution in [0.4, 0.5) is 11.4 Å². The Morgan fingerprint density at radius 3 is 2.26 bits per heavy atom. The van der Waals surface area contributed by atoms with Gasteiger partial charge in [0.15, 0.2) is 5.76 Å². The zero-order chi connectivity index (χ0) is 18.8. The first-order valence-electron chi connectivity index (χ1n) is 8.13. The summed E-state index contributed by atoms with van der Waals surface area (Å²) in [4.78, 5) is 27.4. The number of nitrogens with one attached hydrogen (secondary N) is 3. The number of fused-ring (bicyclic) bond motifs is 1. The summed E-state index contributed by atoms with van der Waals surface area (Å²) in [6, 6.07) is 17.1. The van der Waals surface area contributed by atoms with Crippen LogP contribution >= 0.6 is 11.6 Å². The van der Waals surface area contributed by atoms with Gasteiger partial charge in [0.1, 0.15) is 5.69 Å². The van der Waals surface area contributed by atoms with Crippen LogP contribution < -0.4 is 10.6 Å². The van der Waals surface area contributed by atoms with Gasteiger partial charge in [0, 0.05) is 27.3 Å². The molecular formula is C20H14ClN3O3. The van der Waals surface area contributed by atoms with Crippen LogP contribution in [0, 0.1) is 0 Å². The molecule has 0 fully saturated rings. The van der Waals surface area contributed by atoms with Crippen molar-refractivity contribution in [3.05, 3.63) is 83.4 Å². The zero-order valence-corrected chi connectivity index (χ0v) is 14.7. The maximum Gasteiger partial charge on any atom is 0.291 e. The fourth-order valence-corrected chi connectivity index (χ4v) is 2.84. The van der Waals surface area contributed by atoms with Crippen molar-refractivity contribution in [2.75, 3.05) is 10.6 Å². The highest BCUT2D eigenvalue weighted by molar-refractivity contribution is 6.31. The molecule has 7 heteroatoms. The highest BCUT2D eigenvalue weighted by atomic mass is 35.5. The van der Waals surface area contributed by atoms with Gasteiger partial charge in [0.25, 0.3) is 11.8 Å².